The molecule has 3 nitrogen and oxygen atoms in total. The minimum absolute atomic E-state index is 0.281. The fourth-order valence-corrected chi connectivity index (χ4v) is 1.97. The molecule has 0 aliphatic carbocycles. The van der Waals surface area contributed by atoms with Crippen molar-refractivity contribution in [2.45, 2.75) is 31.9 Å². The molecule has 0 aromatic heterocycles. The molecule has 1 heterocycles. The van der Waals surface area contributed by atoms with Crippen molar-refractivity contribution in [3.8, 4) is 11.8 Å². The van der Waals surface area contributed by atoms with E-state index in [0.717, 1.165) is 26.1 Å². The molecule has 86 valence electrons. The average Bonchev–Trinajstić information content (AvgIpc) is 2.20. The summed E-state index contributed by atoms with van der Waals surface area (Å²) < 4.78 is 0. The van der Waals surface area contributed by atoms with Gasteiger partial charge in [-0.25, -0.2) is 0 Å². The maximum Gasteiger partial charge on any atom is 0.0664 e. The molecule has 0 spiro atoms. The topological polar surface area (TPSA) is 26.7 Å². The molecule has 0 aromatic rings. The summed E-state index contributed by atoms with van der Waals surface area (Å²) in [6, 6.07) is 0.470. The Hall–Kier alpha value is -0.560. The highest BCUT2D eigenvalue weighted by molar-refractivity contribution is 4.97. The molecule has 3 heteroatoms. The van der Waals surface area contributed by atoms with Gasteiger partial charge in [-0.1, -0.05) is 0 Å². The van der Waals surface area contributed by atoms with Crippen molar-refractivity contribution >= 4 is 0 Å². The van der Waals surface area contributed by atoms with E-state index in [9.17, 15) is 5.11 Å². The summed E-state index contributed by atoms with van der Waals surface area (Å²) in [6.07, 6.45) is 1.15. The van der Waals surface area contributed by atoms with Crippen LogP contribution in [0, 0.1) is 11.8 Å². The average molecular weight is 210 g/mol. The van der Waals surface area contributed by atoms with E-state index < -0.39 is 0 Å². The third kappa shape index (κ3) is 4.21. The fourth-order valence-electron chi connectivity index (χ4n) is 1.97. The van der Waals surface area contributed by atoms with E-state index in [1.54, 1.807) is 0 Å². The van der Waals surface area contributed by atoms with Crippen LogP contribution in [-0.4, -0.2) is 60.8 Å². The summed E-state index contributed by atoms with van der Waals surface area (Å²) in [6.45, 7) is 5.07. The van der Waals surface area contributed by atoms with E-state index >= 15 is 0 Å². The Morgan fingerprint density at radius 2 is 2.13 bits per heavy atom. The van der Waals surface area contributed by atoms with Gasteiger partial charge < -0.3 is 14.9 Å². The van der Waals surface area contributed by atoms with E-state index in [1.165, 1.54) is 0 Å². The summed E-state index contributed by atoms with van der Waals surface area (Å²) >= 11 is 0. The van der Waals surface area contributed by atoms with E-state index in [-0.39, 0.29) is 6.10 Å². The van der Waals surface area contributed by atoms with Crippen molar-refractivity contribution in [3.05, 3.63) is 0 Å². The fraction of sp³-hybridized carbons (Fsp3) is 0.833. The lowest BCUT2D eigenvalue weighted by atomic mass is 10.0. The standard InChI is InChI=1S/C12H22N2O/c1-4-5-6-12(15)9-11-10-13(2)7-8-14(11)3/h11-12,15H,6-10H2,1-3H3. The van der Waals surface area contributed by atoms with E-state index in [1.807, 2.05) is 6.92 Å². The number of rotatable bonds is 3. The lowest BCUT2D eigenvalue weighted by molar-refractivity contribution is 0.0656. The Bertz CT molecular complexity index is 244. The monoisotopic (exact) mass is 210 g/mol. The van der Waals surface area contributed by atoms with Crippen LogP contribution in [0.3, 0.4) is 0 Å². The molecule has 1 N–H and O–H groups in total. The van der Waals surface area contributed by atoms with Crippen LogP contribution in [0.5, 0.6) is 0 Å². The van der Waals surface area contributed by atoms with Crippen LogP contribution in [0.2, 0.25) is 0 Å². The summed E-state index contributed by atoms with van der Waals surface area (Å²) in [7, 11) is 4.27. The molecule has 0 saturated carbocycles. The smallest absolute Gasteiger partial charge is 0.0664 e. The molecule has 15 heavy (non-hydrogen) atoms. The minimum Gasteiger partial charge on any atom is -0.392 e. The first kappa shape index (κ1) is 12.5. The van der Waals surface area contributed by atoms with Gasteiger partial charge in [0.05, 0.1) is 6.10 Å². The maximum atomic E-state index is 9.79. The van der Waals surface area contributed by atoms with Gasteiger partial charge in [-0.2, -0.15) is 0 Å². The van der Waals surface area contributed by atoms with E-state index in [0.29, 0.717) is 12.5 Å². The molecule has 1 fully saturated rings. The van der Waals surface area contributed by atoms with Gasteiger partial charge in [-0.15, -0.1) is 11.8 Å². The number of piperazine rings is 1. The zero-order chi connectivity index (χ0) is 11.3. The lowest BCUT2D eigenvalue weighted by Gasteiger charge is -2.38. The second kappa shape index (κ2) is 6.12. The largest absolute Gasteiger partial charge is 0.392 e. The summed E-state index contributed by atoms with van der Waals surface area (Å²) in [4.78, 5) is 4.66. The Morgan fingerprint density at radius 1 is 1.40 bits per heavy atom. The summed E-state index contributed by atoms with van der Waals surface area (Å²) in [5, 5.41) is 9.79. The first-order chi connectivity index (χ1) is 7.13. The van der Waals surface area contributed by atoms with Crippen LogP contribution in [0.25, 0.3) is 0 Å². The van der Waals surface area contributed by atoms with Crippen LogP contribution in [0.1, 0.15) is 19.8 Å². The van der Waals surface area contributed by atoms with Crippen LogP contribution in [0.4, 0.5) is 0 Å². The van der Waals surface area contributed by atoms with Gasteiger partial charge in [-0.3, -0.25) is 0 Å². The Balaban J connectivity index is 2.36. The van der Waals surface area contributed by atoms with E-state index in [2.05, 4.69) is 35.7 Å². The van der Waals surface area contributed by atoms with Gasteiger partial charge in [0.2, 0.25) is 0 Å². The predicted octanol–water partition coefficient (Wildman–Crippen LogP) is 0.397. The number of nitrogens with zero attached hydrogens (tertiary/aromatic N) is 2. The van der Waals surface area contributed by atoms with Crippen LogP contribution < -0.4 is 0 Å². The number of aliphatic hydroxyl groups is 1. The van der Waals surface area contributed by atoms with Crippen molar-refractivity contribution in [2.75, 3.05) is 33.7 Å². The molecular weight excluding hydrogens is 188 g/mol. The first-order valence-corrected chi connectivity index (χ1v) is 5.60. The molecule has 1 aliphatic heterocycles. The number of aliphatic hydroxyl groups excluding tert-OH is 1. The Labute approximate surface area is 93.1 Å². The zero-order valence-corrected chi connectivity index (χ0v) is 10.0. The third-order valence-corrected chi connectivity index (χ3v) is 3.04. The molecular formula is C12H22N2O. The lowest BCUT2D eigenvalue weighted by Crippen LogP contribution is -2.50. The van der Waals surface area contributed by atoms with Gasteiger partial charge in [0.25, 0.3) is 0 Å². The molecule has 2 atom stereocenters. The van der Waals surface area contributed by atoms with Gasteiger partial charge in [0, 0.05) is 32.1 Å². The van der Waals surface area contributed by atoms with Crippen LogP contribution in [-0.2, 0) is 0 Å². The molecule has 0 amide bonds. The number of hydrogen-bond acceptors (Lipinski definition) is 3. The minimum atomic E-state index is -0.281. The van der Waals surface area contributed by atoms with Crippen molar-refractivity contribution < 1.29 is 5.11 Å². The third-order valence-electron chi connectivity index (χ3n) is 3.04. The zero-order valence-electron chi connectivity index (χ0n) is 10.0. The highest BCUT2D eigenvalue weighted by atomic mass is 16.3. The van der Waals surface area contributed by atoms with Crippen molar-refractivity contribution in [1.29, 1.82) is 0 Å². The highest BCUT2D eigenvalue weighted by Gasteiger charge is 2.23. The number of hydrogen-bond donors (Lipinski definition) is 1. The summed E-state index contributed by atoms with van der Waals surface area (Å²) in [5.74, 6) is 5.75. The van der Waals surface area contributed by atoms with Gasteiger partial charge in [-0.05, 0) is 27.4 Å². The van der Waals surface area contributed by atoms with Crippen molar-refractivity contribution in [1.82, 2.24) is 9.80 Å². The molecule has 1 rings (SSSR count). The van der Waals surface area contributed by atoms with Crippen LogP contribution >= 0.6 is 0 Å². The molecule has 0 radical (unpaired) electrons. The van der Waals surface area contributed by atoms with Crippen LogP contribution in [0.15, 0.2) is 0 Å². The van der Waals surface area contributed by atoms with Gasteiger partial charge >= 0.3 is 0 Å². The second-order valence-corrected chi connectivity index (χ2v) is 4.42. The summed E-state index contributed by atoms with van der Waals surface area (Å²) in [5.41, 5.74) is 0. The Kier molecular flexibility index (Phi) is 5.10. The first-order valence-electron chi connectivity index (χ1n) is 5.60. The molecule has 1 saturated heterocycles. The van der Waals surface area contributed by atoms with Gasteiger partial charge in [0.1, 0.15) is 0 Å². The second-order valence-electron chi connectivity index (χ2n) is 4.42. The quantitative estimate of drug-likeness (QED) is 0.683. The number of likely N-dealkylation sites (N-methyl/N-ethyl adjacent to an activating group) is 2. The molecule has 0 aromatic carbocycles. The molecule has 2 unspecified atom stereocenters. The molecule has 1 aliphatic rings. The van der Waals surface area contributed by atoms with Crippen molar-refractivity contribution in [3.63, 3.8) is 0 Å². The predicted molar refractivity (Wildman–Crippen MR) is 62.6 cm³/mol. The highest BCUT2D eigenvalue weighted by Crippen LogP contribution is 2.12. The normalized spacial score (nSPS) is 25.7. The Morgan fingerprint density at radius 3 is 2.80 bits per heavy atom. The van der Waals surface area contributed by atoms with Gasteiger partial charge in [0.15, 0.2) is 0 Å². The van der Waals surface area contributed by atoms with E-state index in [4.69, 9.17) is 0 Å². The maximum absolute atomic E-state index is 9.79. The SMILES string of the molecule is CC#CCC(O)CC1CN(C)CCN1C. The molecule has 0 bridgehead atoms. The van der Waals surface area contributed by atoms with Crippen molar-refractivity contribution in [2.24, 2.45) is 0 Å².